The van der Waals surface area contributed by atoms with Crippen LogP contribution >= 0.6 is 22.9 Å². The number of thiophene rings is 1. The topological polar surface area (TPSA) is 40.5 Å². The molecule has 1 aliphatic rings. The van der Waals surface area contributed by atoms with Gasteiger partial charge in [-0.2, -0.15) is 0 Å². The van der Waals surface area contributed by atoms with Crippen molar-refractivity contribution in [3.63, 3.8) is 0 Å². The molecule has 2 rings (SSSR count). The second-order valence-electron chi connectivity index (χ2n) is 3.78. The first-order valence-electron chi connectivity index (χ1n) is 4.84. The highest BCUT2D eigenvalue weighted by molar-refractivity contribution is 7.14. The number of carboxylic acids is 1. The van der Waals surface area contributed by atoms with E-state index in [-0.39, 0.29) is 5.92 Å². The highest BCUT2D eigenvalue weighted by Gasteiger charge is 2.28. The molecule has 0 aromatic carbocycles. The van der Waals surface area contributed by atoms with Gasteiger partial charge in [0.25, 0.3) is 0 Å². The van der Waals surface area contributed by atoms with Gasteiger partial charge in [-0.05, 0) is 30.0 Å². The first-order valence-corrected chi connectivity index (χ1v) is 6.09. The molecule has 1 atom stereocenters. The summed E-state index contributed by atoms with van der Waals surface area (Å²) in [6.45, 7) is 2.26. The first kappa shape index (κ1) is 10.9. The number of hydrogen-bond acceptors (Lipinski definition) is 3. The average Bonchev–Trinajstić information content (AvgIpc) is 2.77. The molecule has 0 aliphatic carbocycles. The Bertz CT molecular complexity index is 366. The molecule has 0 saturated carbocycles. The number of nitrogens with zero attached hydrogens (tertiary/aromatic N) is 1. The maximum Gasteiger partial charge on any atom is 0.307 e. The minimum absolute atomic E-state index is 0.206. The third kappa shape index (κ3) is 2.51. The molecule has 1 aliphatic heterocycles. The molecule has 1 unspecified atom stereocenters. The molecule has 15 heavy (non-hydrogen) atoms. The molecular weight excluding hydrogens is 234 g/mol. The fourth-order valence-corrected chi connectivity index (χ4v) is 2.76. The van der Waals surface area contributed by atoms with Crippen LogP contribution in [0.4, 0.5) is 0 Å². The van der Waals surface area contributed by atoms with Gasteiger partial charge in [0.2, 0.25) is 0 Å². The van der Waals surface area contributed by atoms with E-state index < -0.39 is 5.97 Å². The summed E-state index contributed by atoms with van der Waals surface area (Å²) < 4.78 is 0.814. The van der Waals surface area contributed by atoms with Crippen LogP contribution in [0.3, 0.4) is 0 Å². The third-order valence-corrected chi connectivity index (χ3v) is 3.96. The van der Waals surface area contributed by atoms with Crippen molar-refractivity contribution in [2.75, 3.05) is 13.1 Å². The van der Waals surface area contributed by atoms with Gasteiger partial charge in [-0.15, -0.1) is 11.3 Å². The number of halogens is 1. The van der Waals surface area contributed by atoms with Crippen LogP contribution in [0.5, 0.6) is 0 Å². The van der Waals surface area contributed by atoms with Crippen molar-refractivity contribution in [3.05, 3.63) is 21.3 Å². The van der Waals surface area contributed by atoms with E-state index in [0.29, 0.717) is 6.54 Å². The largest absolute Gasteiger partial charge is 0.481 e. The normalized spacial score (nSPS) is 22.1. The second-order valence-corrected chi connectivity index (χ2v) is 5.30. The molecule has 3 nitrogen and oxygen atoms in total. The van der Waals surface area contributed by atoms with E-state index >= 15 is 0 Å². The van der Waals surface area contributed by atoms with E-state index in [4.69, 9.17) is 16.7 Å². The number of hydrogen-bond donors (Lipinski definition) is 1. The number of carbonyl (C=O) groups is 1. The van der Waals surface area contributed by atoms with Gasteiger partial charge in [-0.1, -0.05) is 11.6 Å². The minimum atomic E-state index is -0.686. The summed E-state index contributed by atoms with van der Waals surface area (Å²) in [5.74, 6) is -0.892. The molecule has 0 amide bonds. The highest BCUT2D eigenvalue weighted by Crippen LogP contribution is 2.26. The van der Waals surface area contributed by atoms with Gasteiger partial charge in [0, 0.05) is 13.1 Å². The number of rotatable bonds is 3. The molecule has 1 aromatic heterocycles. The van der Waals surface area contributed by atoms with Crippen LogP contribution in [0.15, 0.2) is 11.4 Å². The van der Waals surface area contributed by atoms with E-state index in [0.717, 1.165) is 29.4 Å². The van der Waals surface area contributed by atoms with E-state index in [1.807, 2.05) is 11.4 Å². The average molecular weight is 246 g/mol. The number of carboxylic acid groups (broad SMARTS) is 1. The summed E-state index contributed by atoms with van der Waals surface area (Å²) in [5, 5.41) is 10.8. The lowest BCUT2D eigenvalue weighted by molar-refractivity contribution is -0.141. The van der Waals surface area contributed by atoms with Gasteiger partial charge < -0.3 is 5.11 Å². The Morgan fingerprint density at radius 1 is 1.73 bits per heavy atom. The lowest BCUT2D eigenvalue weighted by atomic mass is 10.1. The molecule has 5 heteroatoms. The quantitative estimate of drug-likeness (QED) is 0.889. The van der Waals surface area contributed by atoms with Gasteiger partial charge in [0.1, 0.15) is 0 Å². The van der Waals surface area contributed by atoms with Crippen LogP contribution in [0, 0.1) is 5.92 Å². The molecule has 1 saturated heterocycles. The Labute approximate surface area is 97.3 Å². The van der Waals surface area contributed by atoms with Crippen molar-refractivity contribution in [2.45, 2.75) is 13.0 Å². The van der Waals surface area contributed by atoms with Crippen molar-refractivity contribution in [2.24, 2.45) is 5.92 Å². The first-order chi connectivity index (χ1) is 7.16. The maximum absolute atomic E-state index is 10.8. The molecule has 82 valence electrons. The van der Waals surface area contributed by atoms with E-state index in [1.54, 1.807) is 0 Å². The molecule has 0 spiro atoms. The smallest absolute Gasteiger partial charge is 0.307 e. The van der Waals surface area contributed by atoms with Gasteiger partial charge in [-0.25, -0.2) is 0 Å². The minimum Gasteiger partial charge on any atom is -0.481 e. The van der Waals surface area contributed by atoms with E-state index in [9.17, 15) is 4.79 Å². The SMILES string of the molecule is O=C(O)C1CCN(Cc2ccsc2Cl)C1. The predicted molar refractivity (Wildman–Crippen MR) is 60.3 cm³/mol. The van der Waals surface area contributed by atoms with Crippen molar-refractivity contribution in [3.8, 4) is 0 Å². The zero-order valence-electron chi connectivity index (χ0n) is 8.15. The lowest BCUT2D eigenvalue weighted by Crippen LogP contribution is -2.22. The molecule has 0 radical (unpaired) electrons. The Hall–Kier alpha value is -0.580. The third-order valence-electron chi connectivity index (χ3n) is 2.71. The predicted octanol–water partition coefficient (Wildman–Crippen LogP) is 2.31. The van der Waals surface area contributed by atoms with Crippen molar-refractivity contribution in [1.82, 2.24) is 4.90 Å². The fourth-order valence-electron chi connectivity index (χ4n) is 1.85. The van der Waals surface area contributed by atoms with Gasteiger partial charge >= 0.3 is 5.97 Å². The van der Waals surface area contributed by atoms with E-state index in [1.165, 1.54) is 11.3 Å². The Balaban J connectivity index is 1.93. The summed E-state index contributed by atoms with van der Waals surface area (Å²) in [4.78, 5) is 12.9. The zero-order chi connectivity index (χ0) is 10.8. The Morgan fingerprint density at radius 2 is 2.53 bits per heavy atom. The van der Waals surface area contributed by atoms with Gasteiger partial charge in [0.15, 0.2) is 0 Å². The van der Waals surface area contributed by atoms with Crippen LogP contribution in [-0.2, 0) is 11.3 Å². The Morgan fingerprint density at radius 3 is 3.07 bits per heavy atom. The molecule has 1 fully saturated rings. The van der Waals surface area contributed by atoms with Crippen LogP contribution in [-0.4, -0.2) is 29.1 Å². The summed E-state index contributed by atoms with van der Waals surface area (Å²) in [5.41, 5.74) is 1.10. The summed E-state index contributed by atoms with van der Waals surface area (Å²) in [7, 11) is 0. The highest BCUT2D eigenvalue weighted by atomic mass is 35.5. The van der Waals surface area contributed by atoms with Gasteiger partial charge in [-0.3, -0.25) is 9.69 Å². The molecule has 2 heterocycles. The molecular formula is C10H12ClNO2S. The van der Waals surface area contributed by atoms with Crippen LogP contribution < -0.4 is 0 Å². The summed E-state index contributed by atoms with van der Waals surface area (Å²) >= 11 is 7.51. The van der Waals surface area contributed by atoms with Gasteiger partial charge in [0.05, 0.1) is 10.3 Å². The number of aliphatic carboxylic acids is 1. The maximum atomic E-state index is 10.8. The molecule has 1 N–H and O–H groups in total. The van der Waals surface area contributed by atoms with Crippen LogP contribution in [0.25, 0.3) is 0 Å². The second kappa shape index (κ2) is 4.51. The monoisotopic (exact) mass is 245 g/mol. The van der Waals surface area contributed by atoms with Crippen molar-refractivity contribution in [1.29, 1.82) is 0 Å². The standard InChI is InChI=1S/C10H12ClNO2S/c11-9-7(2-4-15-9)5-12-3-1-8(6-12)10(13)14/h2,4,8H,1,3,5-6H2,(H,13,14). The summed E-state index contributed by atoms with van der Waals surface area (Å²) in [6.07, 6.45) is 0.747. The summed E-state index contributed by atoms with van der Waals surface area (Å²) in [6, 6.07) is 2.00. The van der Waals surface area contributed by atoms with E-state index in [2.05, 4.69) is 4.90 Å². The van der Waals surface area contributed by atoms with Crippen molar-refractivity contribution >= 4 is 28.9 Å². The lowest BCUT2D eigenvalue weighted by Gasteiger charge is -2.14. The van der Waals surface area contributed by atoms with Crippen LogP contribution in [0.2, 0.25) is 4.34 Å². The van der Waals surface area contributed by atoms with Crippen molar-refractivity contribution < 1.29 is 9.90 Å². The zero-order valence-corrected chi connectivity index (χ0v) is 9.72. The molecule has 0 bridgehead atoms. The Kier molecular flexibility index (Phi) is 3.29. The fraction of sp³-hybridized carbons (Fsp3) is 0.500. The number of likely N-dealkylation sites (tertiary alicyclic amines) is 1. The molecule has 1 aromatic rings. The van der Waals surface area contributed by atoms with Crippen LogP contribution in [0.1, 0.15) is 12.0 Å².